The summed E-state index contributed by atoms with van der Waals surface area (Å²) in [7, 11) is 0. The smallest absolute Gasteiger partial charge is 0.136 e. The van der Waals surface area contributed by atoms with Crippen LogP contribution >= 0.6 is 23.2 Å². The van der Waals surface area contributed by atoms with Crippen LogP contribution in [0.5, 0.6) is 0 Å². The molecule has 6 heteroatoms. The number of rotatable bonds is 5. The van der Waals surface area contributed by atoms with Gasteiger partial charge in [-0.3, -0.25) is 0 Å². The van der Waals surface area contributed by atoms with Gasteiger partial charge in [-0.2, -0.15) is 0 Å². The van der Waals surface area contributed by atoms with E-state index in [1.54, 1.807) is 6.07 Å². The quantitative estimate of drug-likeness (QED) is 0.507. The third-order valence-corrected chi connectivity index (χ3v) is 4.61. The summed E-state index contributed by atoms with van der Waals surface area (Å²) in [6.45, 7) is 11.2. The van der Waals surface area contributed by atoms with E-state index in [-0.39, 0.29) is 15.8 Å². The normalized spacial score (nSPS) is 15.9. The molecule has 2 heterocycles. The summed E-state index contributed by atoms with van der Waals surface area (Å²) in [5, 5.41) is 3.50. The zero-order valence-electron chi connectivity index (χ0n) is 13.1. The maximum atomic E-state index is 11.3. The Bertz CT molecular complexity index is 677. The van der Waals surface area contributed by atoms with Crippen molar-refractivity contribution in [2.45, 2.75) is 26.2 Å². The van der Waals surface area contributed by atoms with Gasteiger partial charge < -0.3 is 4.90 Å². The molecule has 0 amide bonds. The van der Waals surface area contributed by atoms with Crippen molar-refractivity contribution in [3.8, 4) is 0 Å². The second-order valence-corrected chi connectivity index (χ2v) is 6.27. The molecule has 0 unspecified atom stereocenters. The number of nitrogens with zero attached hydrogens (tertiary/aromatic N) is 3. The molecular weight excluding hydrogens is 333 g/mol. The van der Waals surface area contributed by atoms with Crippen molar-refractivity contribution in [1.29, 1.82) is 0 Å². The van der Waals surface area contributed by atoms with E-state index in [0.29, 0.717) is 11.3 Å². The number of aryl methyl sites for hydroxylation is 1. The number of allylic oxidation sites excluding steroid dienone is 4. The van der Waals surface area contributed by atoms with Gasteiger partial charge in [0.25, 0.3) is 0 Å². The molecule has 0 bridgehead atoms. The first-order chi connectivity index (χ1) is 11.0. The van der Waals surface area contributed by atoms with Gasteiger partial charge in [-0.15, -0.1) is 4.91 Å². The fourth-order valence-electron chi connectivity index (χ4n) is 2.74. The van der Waals surface area contributed by atoms with Crippen molar-refractivity contribution in [3.63, 3.8) is 0 Å². The topological polar surface area (TPSA) is 45.6 Å². The van der Waals surface area contributed by atoms with Crippen LogP contribution in [-0.4, -0.2) is 18.1 Å². The van der Waals surface area contributed by atoms with Crippen molar-refractivity contribution in [3.05, 3.63) is 51.7 Å². The molecule has 0 aliphatic carbocycles. The van der Waals surface area contributed by atoms with Crippen LogP contribution in [-0.2, 0) is 0 Å². The number of piperidine rings is 1. The number of anilines is 1. The van der Waals surface area contributed by atoms with Crippen molar-refractivity contribution >= 4 is 40.1 Å². The van der Waals surface area contributed by atoms with Crippen molar-refractivity contribution in [2.24, 2.45) is 5.18 Å². The van der Waals surface area contributed by atoms with E-state index in [1.165, 1.54) is 12.5 Å². The molecule has 23 heavy (non-hydrogen) atoms. The van der Waals surface area contributed by atoms with E-state index in [2.05, 4.69) is 28.2 Å². The zero-order chi connectivity index (χ0) is 17.0. The highest BCUT2D eigenvalue weighted by Gasteiger charge is 2.20. The number of nitroso groups, excluding NO2 is 1. The number of aromatic nitrogens is 1. The van der Waals surface area contributed by atoms with Crippen LogP contribution in [0.4, 0.5) is 11.4 Å². The highest BCUT2D eigenvalue weighted by molar-refractivity contribution is 6.46. The average Bonchev–Trinajstić information content (AvgIpc) is 2.56. The molecule has 0 saturated carbocycles. The fourth-order valence-corrected chi connectivity index (χ4v) is 3.01. The second kappa shape index (κ2) is 7.75. The molecule has 1 fully saturated rings. The number of halogens is 2. The molecule has 122 valence electrons. The van der Waals surface area contributed by atoms with Gasteiger partial charge in [-0.25, -0.2) is 4.98 Å². The largest absolute Gasteiger partial charge is 0.370 e. The first kappa shape index (κ1) is 17.7. The molecule has 1 saturated heterocycles. The lowest BCUT2D eigenvalue weighted by molar-refractivity contribution is 0.576. The molecule has 0 atom stereocenters. The molecule has 4 nitrogen and oxygen atoms in total. The zero-order valence-corrected chi connectivity index (χ0v) is 14.6. The summed E-state index contributed by atoms with van der Waals surface area (Å²) in [6.07, 6.45) is 5.02. The lowest BCUT2D eigenvalue weighted by Crippen LogP contribution is -2.30. The van der Waals surface area contributed by atoms with E-state index in [0.717, 1.165) is 37.3 Å². The minimum atomic E-state index is 0.165. The SMILES string of the molecule is C=C/C(=C(/Cl)C(=C)Cl)c1nc(C)c(N2CCCCC2)cc1N=O. The Hall–Kier alpha value is -1.65. The first-order valence-electron chi connectivity index (χ1n) is 7.47. The number of hydrogen-bond acceptors (Lipinski definition) is 4. The first-order valence-corrected chi connectivity index (χ1v) is 8.22. The second-order valence-electron chi connectivity index (χ2n) is 5.44. The predicted molar refractivity (Wildman–Crippen MR) is 98.5 cm³/mol. The number of pyridine rings is 1. The molecule has 1 aromatic rings. The molecular formula is C17H19Cl2N3O. The highest BCUT2D eigenvalue weighted by Crippen LogP contribution is 2.36. The fraction of sp³-hybridized carbons (Fsp3) is 0.353. The molecule has 0 N–H and O–H groups in total. The van der Waals surface area contributed by atoms with Gasteiger partial charge in [0.1, 0.15) is 11.4 Å². The average molecular weight is 352 g/mol. The third kappa shape index (κ3) is 3.82. The van der Waals surface area contributed by atoms with Crippen molar-refractivity contribution in [1.82, 2.24) is 4.98 Å². The molecule has 0 aromatic carbocycles. The summed E-state index contributed by atoms with van der Waals surface area (Å²) in [6, 6.07) is 1.76. The van der Waals surface area contributed by atoms with Gasteiger partial charge in [-0.05, 0) is 37.4 Å². The van der Waals surface area contributed by atoms with Gasteiger partial charge in [0, 0.05) is 18.7 Å². The van der Waals surface area contributed by atoms with Crippen LogP contribution in [0.1, 0.15) is 30.7 Å². The number of hydrogen-bond donors (Lipinski definition) is 0. The summed E-state index contributed by atoms with van der Waals surface area (Å²) in [5.41, 5.74) is 2.81. The summed E-state index contributed by atoms with van der Waals surface area (Å²) < 4.78 is 0. The monoisotopic (exact) mass is 351 g/mol. The molecule has 1 aliphatic heterocycles. The maximum absolute atomic E-state index is 11.3. The Kier molecular flexibility index (Phi) is 5.97. The van der Waals surface area contributed by atoms with Gasteiger partial charge in [-0.1, -0.05) is 42.4 Å². The Balaban J connectivity index is 2.56. The van der Waals surface area contributed by atoms with E-state index in [1.807, 2.05) is 6.92 Å². The molecule has 1 aromatic heterocycles. The highest BCUT2D eigenvalue weighted by atomic mass is 35.5. The summed E-state index contributed by atoms with van der Waals surface area (Å²) in [5.74, 6) is 0. The maximum Gasteiger partial charge on any atom is 0.136 e. The van der Waals surface area contributed by atoms with E-state index < -0.39 is 0 Å². The van der Waals surface area contributed by atoms with E-state index >= 15 is 0 Å². The van der Waals surface area contributed by atoms with Gasteiger partial charge in [0.05, 0.1) is 21.4 Å². The standard InChI is InChI=1S/C17H19Cl2N3O/c1-4-13(16(19)11(2)18)17-14(21-23)10-15(12(3)20-17)22-8-6-5-7-9-22/h4,10H,1-2,5-9H2,3H3/b16-13-. The predicted octanol–water partition coefficient (Wildman–Crippen LogP) is 5.67. The summed E-state index contributed by atoms with van der Waals surface area (Å²) >= 11 is 12.0. The Labute approximate surface area is 146 Å². The van der Waals surface area contributed by atoms with Crippen molar-refractivity contribution in [2.75, 3.05) is 18.0 Å². The van der Waals surface area contributed by atoms with Gasteiger partial charge in [0.2, 0.25) is 0 Å². The minimum Gasteiger partial charge on any atom is -0.370 e. The molecule has 1 aliphatic rings. The molecule has 0 radical (unpaired) electrons. The van der Waals surface area contributed by atoms with Crippen LogP contribution in [0.25, 0.3) is 5.57 Å². The van der Waals surface area contributed by atoms with Crippen LogP contribution < -0.4 is 4.90 Å². The summed E-state index contributed by atoms with van der Waals surface area (Å²) in [4.78, 5) is 18.1. The van der Waals surface area contributed by atoms with Crippen molar-refractivity contribution < 1.29 is 0 Å². The molecule has 0 spiro atoms. The lowest BCUT2D eigenvalue weighted by Gasteiger charge is -2.30. The minimum absolute atomic E-state index is 0.165. The van der Waals surface area contributed by atoms with Crippen LogP contribution in [0.3, 0.4) is 0 Å². The molecule has 2 rings (SSSR count). The van der Waals surface area contributed by atoms with Crippen LogP contribution in [0.15, 0.2) is 40.5 Å². The van der Waals surface area contributed by atoms with E-state index in [9.17, 15) is 4.91 Å². The Morgan fingerprint density at radius 1 is 1.35 bits per heavy atom. The van der Waals surface area contributed by atoms with Gasteiger partial charge in [0.15, 0.2) is 0 Å². The Morgan fingerprint density at radius 2 is 2.00 bits per heavy atom. The third-order valence-electron chi connectivity index (χ3n) is 3.90. The van der Waals surface area contributed by atoms with Crippen LogP contribution in [0.2, 0.25) is 0 Å². The van der Waals surface area contributed by atoms with Gasteiger partial charge >= 0.3 is 0 Å². The van der Waals surface area contributed by atoms with E-state index in [4.69, 9.17) is 23.2 Å². The Morgan fingerprint density at radius 3 is 2.52 bits per heavy atom. The van der Waals surface area contributed by atoms with Crippen LogP contribution in [0, 0.1) is 11.8 Å². The lowest BCUT2D eigenvalue weighted by atomic mass is 10.1.